The van der Waals surface area contributed by atoms with Crippen LogP contribution in [0.15, 0.2) is 67.5 Å². The first-order valence-corrected chi connectivity index (χ1v) is 15.2. The molecule has 0 spiro atoms. The van der Waals surface area contributed by atoms with Crippen molar-refractivity contribution in [3.63, 3.8) is 0 Å². The molecule has 1 aliphatic rings. The molecule has 1 atom stereocenters. The number of esters is 2. The lowest BCUT2D eigenvalue weighted by atomic mass is 10.2. The summed E-state index contributed by atoms with van der Waals surface area (Å²) in [6.45, 7) is 3.57. The fraction of sp³-hybridized carbons (Fsp3) is 0.257. The van der Waals surface area contributed by atoms with Gasteiger partial charge in [-0.05, 0) is 30.3 Å². The molecule has 1 fully saturated rings. The third kappa shape index (κ3) is 11.1. The standard InChI is InChI=1S/C18H14F5NO5.C17H14F3NO5/c1-26-15-5-9(29-18(21,22)23)3-4-13(15)28-14-6-12(11-7-17(11,19)20)24-8-10(14)16(25)27-2;1-4-10-7-14(12(9-21-10)16(22)24-3)25-13-6-5-11(8-15(13)23-2)26-17(18,19)20/h3-6,8,11H,7H2,1-2H3;4-9H,1H2,2-3H3. The van der Waals surface area contributed by atoms with Crippen LogP contribution in [0.2, 0.25) is 0 Å². The Morgan fingerprint density at radius 3 is 1.51 bits per heavy atom. The van der Waals surface area contributed by atoms with Gasteiger partial charge in [-0.15, -0.1) is 26.3 Å². The largest absolute Gasteiger partial charge is 0.573 e. The van der Waals surface area contributed by atoms with E-state index in [9.17, 15) is 44.7 Å². The first kappa shape index (κ1) is 41.4. The summed E-state index contributed by atoms with van der Waals surface area (Å²) in [4.78, 5) is 31.7. The van der Waals surface area contributed by atoms with Crippen LogP contribution >= 0.6 is 0 Å². The van der Waals surface area contributed by atoms with Crippen molar-refractivity contribution in [2.24, 2.45) is 0 Å². The molecule has 55 heavy (non-hydrogen) atoms. The molecule has 0 N–H and O–H groups in total. The summed E-state index contributed by atoms with van der Waals surface area (Å²) in [5.74, 6) is -6.84. The lowest BCUT2D eigenvalue weighted by Crippen LogP contribution is -2.17. The summed E-state index contributed by atoms with van der Waals surface area (Å²) >= 11 is 0. The Bertz CT molecular complexity index is 2040. The summed E-state index contributed by atoms with van der Waals surface area (Å²) < 4.78 is 139. The lowest BCUT2D eigenvalue weighted by molar-refractivity contribution is -0.275. The minimum atomic E-state index is -4.90. The first-order valence-electron chi connectivity index (χ1n) is 15.2. The number of alkyl halides is 8. The van der Waals surface area contributed by atoms with E-state index < -0.39 is 48.0 Å². The molecule has 0 saturated heterocycles. The number of aromatic nitrogens is 2. The molecule has 20 heteroatoms. The van der Waals surface area contributed by atoms with Gasteiger partial charge in [-0.25, -0.2) is 18.4 Å². The van der Waals surface area contributed by atoms with Crippen molar-refractivity contribution in [2.45, 2.75) is 31.0 Å². The molecule has 1 saturated carbocycles. The maximum absolute atomic E-state index is 13.4. The number of nitrogens with zero attached hydrogens (tertiary/aromatic N) is 2. The second-order valence-electron chi connectivity index (χ2n) is 10.8. The normalized spacial score (nSPS) is 14.3. The molecule has 0 bridgehead atoms. The highest BCUT2D eigenvalue weighted by Crippen LogP contribution is 2.55. The quantitative estimate of drug-likeness (QED) is 0.100. The highest BCUT2D eigenvalue weighted by molar-refractivity contribution is 5.93. The number of ether oxygens (including phenoxy) is 8. The molecule has 4 aromatic rings. The van der Waals surface area contributed by atoms with Gasteiger partial charge in [0, 0.05) is 43.1 Å². The summed E-state index contributed by atoms with van der Waals surface area (Å²) in [7, 11) is 4.74. The molecule has 0 radical (unpaired) electrons. The van der Waals surface area contributed by atoms with Crippen molar-refractivity contribution in [3.05, 3.63) is 90.0 Å². The molecule has 2 aromatic carbocycles. The van der Waals surface area contributed by atoms with Crippen molar-refractivity contribution in [1.82, 2.24) is 9.97 Å². The van der Waals surface area contributed by atoms with Crippen molar-refractivity contribution < 1.29 is 82.6 Å². The first-order chi connectivity index (χ1) is 25.8. The average Bonchev–Trinajstić information content (AvgIpc) is 3.78. The number of carbonyl (C=O) groups excluding carboxylic acids is 2. The van der Waals surface area contributed by atoms with E-state index in [4.69, 9.17) is 18.9 Å². The van der Waals surface area contributed by atoms with E-state index >= 15 is 0 Å². The number of hydrogen-bond acceptors (Lipinski definition) is 12. The van der Waals surface area contributed by atoms with E-state index in [1.54, 1.807) is 0 Å². The molecule has 2 aromatic heterocycles. The topological polar surface area (TPSA) is 134 Å². The van der Waals surface area contributed by atoms with Crippen molar-refractivity contribution in [1.29, 1.82) is 0 Å². The molecular weight excluding hydrogens is 760 g/mol. The Labute approximate surface area is 306 Å². The minimum Gasteiger partial charge on any atom is -0.493 e. The van der Waals surface area contributed by atoms with Gasteiger partial charge in [-0.1, -0.05) is 6.58 Å². The predicted octanol–water partition coefficient (Wildman–Crippen LogP) is 8.90. The van der Waals surface area contributed by atoms with Gasteiger partial charge in [0.2, 0.25) is 0 Å². The highest BCUT2D eigenvalue weighted by Gasteiger charge is 2.58. The number of pyridine rings is 2. The lowest BCUT2D eigenvalue weighted by Gasteiger charge is -2.15. The third-order valence-corrected chi connectivity index (χ3v) is 7.15. The van der Waals surface area contributed by atoms with Gasteiger partial charge in [0.1, 0.15) is 34.1 Å². The van der Waals surface area contributed by atoms with Crippen LogP contribution in [0.5, 0.6) is 46.0 Å². The second kappa shape index (κ2) is 16.8. The average molecular weight is 789 g/mol. The van der Waals surface area contributed by atoms with Gasteiger partial charge in [-0.3, -0.25) is 9.97 Å². The maximum Gasteiger partial charge on any atom is 0.573 e. The van der Waals surface area contributed by atoms with E-state index in [1.165, 1.54) is 45.7 Å². The van der Waals surface area contributed by atoms with Crippen molar-refractivity contribution >= 4 is 18.0 Å². The Morgan fingerprint density at radius 2 is 1.13 bits per heavy atom. The van der Waals surface area contributed by atoms with Crippen LogP contribution in [0, 0.1) is 0 Å². The molecule has 2 heterocycles. The maximum atomic E-state index is 13.4. The Morgan fingerprint density at radius 1 is 0.691 bits per heavy atom. The van der Waals surface area contributed by atoms with Crippen LogP contribution in [0.1, 0.15) is 44.4 Å². The van der Waals surface area contributed by atoms with Crippen LogP contribution in [0.4, 0.5) is 35.1 Å². The number of hydrogen-bond donors (Lipinski definition) is 0. The molecule has 0 amide bonds. The fourth-order valence-electron chi connectivity index (χ4n) is 4.53. The predicted molar refractivity (Wildman–Crippen MR) is 173 cm³/mol. The van der Waals surface area contributed by atoms with Crippen molar-refractivity contribution in [3.8, 4) is 46.0 Å². The summed E-state index contributed by atoms with van der Waals surface area (Å²) in [5, 5.41) is 0. The van der Waals surface area contributed by atoms with Gasteiger partial charge >= 0.3 is 24.7 Å². The zero-order chi connectivity index (χ0) is 40.7. The van der Waals surface area contributed by atoms with E-state index in [2.05, 4.69) is 35.5 Å². The number of carbonyl (C=O) groups is 2. The number of halogens is 8. The highest BCUT2D eigenvalue weighted by atomic mass is 19.4. The van der Waals surface area contributed by atoms with Gasteiger partial charge in [0.15, 0.2) is 23.0 Å². The number of rotatable bonds is 12. The van der Waals surface area contributed by atoms with E-state index in [1.807, 2.05) is 0 Å². The van der Waals surface area contributed by atoms with E-state index in [0.717, 1.165) is 49.7 Å². The molecule has 1 aliphatic carbocycles. The Hall–Kier alpha value is -6.34. The molecule has 5 rings (SSSR count). The number of methoxy groups -OCH3 is 4. The van der Waals surface area contributed by atoms with E-state index in [-0.39, 0.29) is 57.7 Å². The Kier molecular flexibility index (Phi) is 12.6. The SMILES string of the molecule is C=Cc1cc(Oc2ccc(OC(F)(F)F)cc2OC)c(C(=O)OC)cn1.COC(=O)c1cnc(C2CC2(F)F)cc1Oc1ccc(OC(F)(F)F)cc1OC. The van der Waals surface area contributed by atoms with Gasteiger partial charge < -0.3 is 37.9 Å². The van der Waals surface area contributed by atoms with Gasteiger partial charge in [-0.2, -0.15) is 0 Å². The van der Waals surface area contributed by atoms with Gasteiger partial charge in [0.05, 0.1) is 45.7 Å². The monoisotopic (exact) mass is 788 g/mol. The Balaban J connectivity index is 0.000000246. The zero-order valence-electron chi connectivity index (χ0n) is 28.8. The summed E-state index contributed by atoms with van der Waals surface area (Å²) in [6.07, 6.45) is -6.41. The molecule has 294 valence electrons. The van der Waals surface area contributed by atoms with Gasteiger partial charge in [0.25, 0.3) is 5.92 Å². The zero-order valence-corrected chi connectivity index (χ0v) is 28.8. The van der Waals surface area contributed by atoms with Crippen LogP contribution < -0.4 is 28.4 Å². The second-order valence-corrected chi connectivity index (χ2v) is 10.8. The van der Waals surface area contributed by atoms with E-state index in [0.29, 0.717) is 5.69 Å². The molecule has 1 unspecified atom stereocenters. The van der Waals surface area contributed by atoms with Crippen LogP contribution in [0.25, 0.3) is 6.08 Å². The molecular formula is C35H28F8N2O10. The van der Waals surface area contributed by atoms with Crippen LogP contribution in [-0.2, 0) is 9.47 Å². The summed E-state index contributed by atoms with van der Waals surface area (Å²) in [6, 6.07) is 8.89. The molecule has 12 nitrogen and oxygen atoms in total. The number of benzene rings is 2. The van der Waals surface area contributed by atoms with Crippen LogP contribution in [0.3, 0.4) is 0 Å². The molecule has 0 aliphatic heterocycles. The smallest absolute Gasteiger partial charge is 0.493 e. The van der Waals surface area contributed by atoms with Crippen molar-refractivity contribution in [2.75, 3.05) is 28.4 Å². The third-order valence-electron chi connectivity index (χ3n) is 7.15. The fourth-order valence-corrected chi connectivity index (χ4v) is 4.53. The minimum absolute atomic E-state index is 0.00800. The van der Waals surface area contributed by atoms with Crippen LogP contribution in [-0.4, -0.2) is 69.0 Å². The summed E-state index contributed by atoms with van der Waals surface area (Å²) in [5.41, 5.74) is 0.297.